The van der Waals surface area contributed by atoms with Crippen molar-refractivity contribution in [1.82, 2.24) is 0 Å². The molecule has 1 heterocycles. The average Bonchev–Trinajstić information content (AvgIpc) is 2.48. The first kappa shape index (κ1) is 7.55. The fraction of sp³-hybridized carbons (Fsp3) is 0. The van der Waals surface area contributed by atoms with Gasteiger partial charge in [0.05, 0.1) is 4.47 Å². The second kappa shape index (κ2) is 2.75. The van der Waals surface area contributed by atoms with Crippen LogP contribution in [0.4, 0.5) is 0 Å². The average molecular weight is 225 g/mol. The predicted molar refractivity (Wildman–Crippen MR) is 49.3 cm³/mol. The van der Waals surface area contributed by atoms with Crippen molar-refractivity contribution in [3.05, 3.63) is 34.5 Å². The van der Waals surface area contributed by atoms with Crippen LogP contribution in [-0.4, -0.2) is 6.29 Å². The van der Waals surface area contributed by atoms with E-state index in [2.05, 4.69) is 15.9 Å². The highest BCUT2D eigenvalue weighted by atomic mass is 79.9. The van der Waals surface area contributed by atoms with Crippen molar-refractivity contribution in [1.29, 1.82) is 0 Å². The van der Waals surface area contributed by atoms with Crippen LogP contribution in [0.5, 0.6) is 0 Å². The summed E-state index contributed by atoms with van der Waals surface area (Å²) in [7, 11) is 0. The maximum atomic E-state index is 10.6. The third-order valence-electron chi connectivity index (χ3n) is 1.71. The van der Waals surface area contributed by atoms with Gasteiger partial charge in [0.15, 0.2) is 6.29 Å². The number of carbonyl (C=O) groups excluding carboxylic acids is 1. The van der Waals surface area contributed by atoms with E-state index in [-0.39, 0.29) is 0 Å². The van der Waals surface area contributed by atoms with E-state index < -0.39 is 0 Å². The Bertz CT molecular complexity index is 431. The van der Waals surface area contributed by atoms with Gasteiger partial charge in [-0.1, -0.05) is 12.1 Å². The molecular formula is C9H5BrO2. The zero-order valence-electron chi connectivity index (χ0n) is 6.08. The maximum Gasteiger partial charge on any atom is 0.150 e. The van der Waals surface area contributed by atoms with Crippen LogP contribution in [0.15, 0.2) is 33.4 Å². The van der Waals surface area contributed by atoms with Gasteiger partial charge in [0.25, 0.3) is 0 Å². The minimum absolute atomic E-state index is 0.646. The van der Waals surface area contributed by atoms with E-state index in [0.717, 1.165) is 21.7 Å². The highest BCUT2D eigenvalue weighted by molar-refractivity contribution is 9.10. The Kier molecular flexibility index (Phi) is 1.73. The van der Waals surface area contributed by atoms with Crippen LogP contribution in [0.1, 0.15) is 10.4 Å². The molecule has 2 rings (SSSR count). The quantitative estimate of drug-likeness (QED) is 0.698. The van der Waals surface area contributed by atoms with Crippen LogP contribution in [0.2, 0.25) is 0 Å². The molecule has 0 atom stereocenters. The summed E-state index contributed by atoms with van der Waals surface area (Å²) in [5.74, 6) is 0. The van der Waals surface area contributed by atoms with Crippen LogP contribution in [0.3, 0.4) is 0 Å². The lowest BCUT2D eigenvalue weighted by atomic mass is 10.1. The molecular weight excluding hydrogens is 220 g/mol. The summed E-state index contributed by atoms with van der Waals surface area (Å²) < 4.78 is 6.01. The van der Waals surface area contributed by atoms with E-state index in [1.54, 1.807) is 18.4 Å². The Morgan fingerprint density at radius 3 is 3.00 bits per heavy atom. The summed E-state index contributed by atoms with van der Waals surface area (Å²) in [4.78, 5) is 10.6. The zero-order chi connectivity index (χ0) is 8.55. The molecule has 1 aromatic carbocycles. The highest BCUT2D eigenvalue weighted by Crippen LogP contribution is 2.27. The van der Waals surface area contributed by atoms with Gasteiger partial charge in [0.1, 0.15) is 11.8 Å². The number of carbonyl (C=O) groups is 1. The van der Waals surface area contributed by atoms with Crippen molar-refractivity contribution in [2.45, 2.75) is 0 Å². The van der Waals surface area contributed by atoms with Gasteiger partial charge in [-0.15, -0.1) is 0 Å². The summed E-state index contributed by atoms with van der Waals surface area (Å²) in [5, 5.41) is 0.840. The van der Waals surface area contributed by atoms with Gasteiger partial charge in [0, 0.05) is 10.9 Å². The zero-order valence-corrected chi connectivity index (χ0v) is 7.67. The van der Waals surface area contributed by atoms with Gasteiger partial charge in [-0.3, -0.25) is 4.79 Å². The molecule has 0 unspecified atom stereocenters. The predicted octanol–water partition coefficient (Wildman–Crippen LogP) is 3.01. The second-order valence-electron chi connectivity index (χ2n) is 2.42. The van der Waals surface area contributed by atoms with Gasteiger partial charge < -0.3 is 4.42 Å². The number of hydrogen-bond donors (Lipinski definition) is 0. The largest absolute Gasteiger partial charge is 0.463 e. The summed E-state index contributed by atoms with van der Waals surface area (Å²) in [6.45, 7) is 0. The number of benzene rings is 1. The third-order valence-corrected chi connectivity index (χ3v) is 2.30. The molecule has 0 aliphatic carbocycles. The lowest BCUT2D eigenvalue weighted by molar-refractivity contribution is 0.112. The molecule has 1 aromatic heterocycles. The van der Waals surface area contributed by atoms with Gasteiger partial charge >= 0.3 is 0 Å². The second-order valence-corrected chi connectivity index (χ2v) is 3.28. The van der Waals surface area contributed by atoms with Gasteiger partial charge in [-0.05, 0) is 22.0 Å². The van der Waals surface area contributed by atoms with Crippen molar-refractivity contribution < 1.29 is 9.21 Å². The van der Waals surface area contributed by atoms with Crippen LogP contribution in [0, 0.1) is 0 Å². The van der Waals surface area contributed by atoms with E-state index in [4.69, 9.17) is 4.42 Å². The molecule has 0 aliphatic heterocycles. The Morgan fingerprint density at radius 1 is 1.42 bits per heavy atom. The van der Waals surface area contributed by atoms with E-state index in [1.165, 1.54) is 0 Å². The van der Waals surface area contributed by atoms with Crippen LogP contribution in [0.25, 0.3) is 11.0 Å². The Morgan fingerprint density at radius 2 is 2.25 bits per heavy atom. The number of furan rings is 1. The number of fused-ring (bicyclic) bond motifs is 1. The smallest absolute Gasteiger partial charge is 0.150 e. The fourth-order valence-corrected chi connectivity index (χ4v) is 1.69. The van der Waals surface area contributed by atoms with Gasteiger partial charge in [-0.2, -0.15) is 0 Å². The minimum Gasteiger partial charge on any atom is -0.463 e. The number of rotatable bonds is 1. The number of halogens is 1. The normalized spacial score (nSPS) is 10.4. The summed E-state index contributed by atoms with van der Waals surface area (Å²) >= 11 is 3.31. The summed E-state index contributed by atoms with van der Waals surface area (Å²) in [6.07, 6.45) is 2.40. The summed E-state index contributed by atoms with van der Waals surface area (Å²) in [5.41, 5.74) is 1.37. The highest BCUT2D eigenvalue weighted by Gasteiger charge is 2.06. The Balaban J connectivity index is 2.93. The molecule has 3 heteroatoms. The van der Waals surface area contributed by atoms with Gasteiger partial charge in [0.2, 0.25) is 0 Å². The van der Waals surface area contributed by atoms with Crippen LogP contribution in [-0.2, 0) is 0 Å². The SMILES string of the molecule is O=Cc1cccc2occ(Br)c12. The first-order valence-electron chi connectivity index (χ1n) is 3.44. The number of hydrogen-bond acceptors (Lipinski definition) is 2. The fourth-order valence-electron chi connectivity index (χ4n) is 1.17. The Labute approximate surface area is 77.3 Å². The van der Waals surface area contributed by atoms with Crippen molar-refractivity contribution >= 4 is 33.2 Å². The Hall–Kier alpha value is -1.09. The molecule has 0 radical (unpaired) electrons. The van der Waals surface area contributed by atoms with Crippen LogP contribution < -0.4 is 0 Å². The van der Waals surface area contributed by atoms with Crippen molar-refractivity contribution in [2.24, 2.45) is 0 Å². The topological polar surface area (TPSA) is 30.2 Å². The molecule has 0 aliphatic rings. The molecule has 0 saturated heterocycles. The molecule has 0 amide bonds. The third kappa shape index (κ3) is 0.975. The molecule has 0 bridgehead atoms. The van der Waals surface area contributed by atoms with Gasteiger partial charge in [-0.25, -0.2) is 0 Å². The first-order valence-corrected chi connectivity index (χ1v) is 4.23. The summed E-state index contributed by atoms with van der Waals surface area (Å²) in [6, 6.07) is 5.38. The molecule has 0 spiro atoms. The van der Waals surface area contributed by atoms with E-state index in [9.17, 15) is 4.79 Å². The molecule has 2 aromatic rings. The van der Waals surface area contributed by atoms with Crippen LogP contribution >= 0.6 is 15.9 Å². The number of aldehydes is 1. The van der Waals surface area contributed by atoms with E-state index >= 15 is 0 Å². The lowest BCUT2D eigenvalue weighted by Gasteiger charge is -1.91. The van der Waals surface area contributed by atoms with Crippen molar-refractivity contribution in [3.8, 4) is 0 Å². The van der Waals surface area contributed by atoms with Crippen molar-refractivity contribution in [3.63, 3.8) is 0 Å². The minimum atomic E-state index is 0.646. The molecule has 60 valence electrons. The van der Waals surface area contributed by atoms with E-state index in [0.29, 0.717) is 5.56 Å². The molecule has 12 heavy (non-hydrogen) atoms. The lowest BCUT2D eigenvalue weighted by Crippen LogP contribution is -1.79. The first-order chi connectivity index (χ1) is 5.83. The molecule has 0 fully saturated rings. The van der Waals surface area contributed by atoms with Crippen molar-refractivity contribution in [2.75, 3.05) is 0 Å². The standard InChI is InChI=1S/C9H5BrO2/c10-7-5-12-8-3-1-2-6(4-11)9(7)8/h1-5H. The molecule has 0 saturated carbocycles. The molecule has 0 N–H and O–H groups in total. The molecule has 2 nitrogen and oxygen atoms in total. The maximum absolute atomic E-state index is 10.6. The van der Waals surface area contributed by atoms with E-state index in [1.807, 2.05) is 6.07 Å². The monoisotopic (exact) mass is 224 g/mol.